The number of benzene rings is 2. The summed E-state index contributed by atoms with van der Waals surface area (Å²) < 4.78 is 31.6. The summed E-state index contributed by atoms with van der Waals surface area (Å²) in [5.74, 6) is 0.656. The van der Waals surface area contributed by atoms with Gasteiger partial charge in [0.1, 0.15) is 5.76 Å². The van der Waals surface area contributed by atoms with Gasteiger partial charge in [0, 0.05) is 13.1 Å². The predicted molar refractivity (Wildman–Crippen MR) is 91.8 cm³/mol. The van der Waals surface area contributed by atoms with Crippen LogP contribution in [0.3, 0.4) is 0 Å². The minimum atomic E-state index is -3.58. The Morgan fingerprint density at radius 3 is 2.21 bits per heavy atom. The average Bonchev–Trinajstić information content (AvgIpc) is 3.00. The molecule has 0 aliphatic carbocycles. The predicted octanol–water partition coefficient (Wildman–Crippen LogP) is 3.47. The lowest BCUT2D eigenvalue weighted by atomic mass is 10.1. The highest BCUT2D eigenvalue weighted by Crippen LogP contribution is 2.23. The molecule has 0 N–H and O–H groups in total. The van der Waals surface area contributed by atoms with Crippen molar-refractivity contribution in [2.75, 3.05) is 7.05 Å². The van der Waals surface area contributed by atoms with Crippen molar-refractivity contribution in [2.45, 2.75) is 18.4 Å². The molecule has 3 rings (SSSR count). The van der Waals surface area contributed by atoms with Crippen molar-refractivity contribution in [1.29, 1.82) is 0 Å². The van der Waals surface area contributed by atoms with Crippen LogP contribution in [-0.4, -0.2) is 24.9 Å². The van der Waals surface area contributed by atoms with Gasteiger partial charge in [0.25, 0.3) is 0 Å². The monoisotopic (exact) mass is 342 g/mol. The summed E-state index contributed by atoms with van der Waals surface area (Å²) in [4.78, 5) is 0.255. The SMILES string of the molecule is Cc1cc(CN(C)S(=O)(=O)c2ccc(-c3ccccc3)cc2)no1. The molecule has 124 valence electrons. The third kappa shape index (κ3) is 3.39. The van der Waals surface area contributed by atoms with Crippen LogP contribution in [-0.2, 0) is 16.6 Å². The molecule has 5 nitrogen and oxygen atoms in total. The number of sulfonamides is 1. The molecule has 2 aromatic carbocycles. The normalized spacial score (nSPS) is 11.8. The third-order valence-corrected chi connectivity index (χ3v) is 5.55. The maximum atomic E-state index is 12.7. The van der Waals surface area contributed by atoms with E-state index in [-0.39, 0.29) is 11.4 Å². The number of nitrogens with zero attached hydrogens (tertiary/aromatic N) is 2. The fourth-order valence-corrected chi connectivity index (χ4v) is 3.58. The van der Waals surface area contributed by atoms with Gasteiger partial charge in [-0.05, 0) is 30.2 Å². The van der Waals surface area contributed by atoms with Crippen LogP contribution in [0.15, 0.2) is 70.1 Å². The summed E-state index contributed by atoms with van der Waals surface area (Å²) in [5, 5.41) is 3.84. The molecule has 1 heterocycles. The van der Waals surface area contributed by atoms with E-state index in [1.54, 1.807) is 25.1 Å². The zero-order valence-corrected chi connectivity index (χ0v) is 14.3. The second-order valence-corrected chi connectivity index (χ2v) is 7.63. The molecule has 0 aliphatic rings. The quantitative estimate of drug-likeness (QED) is 0.712. The van der Waals surface area contributed by atoms with E-state index >= 15 is 0 Å². The topological polar surface area (TPSA) is 63.4 Å². The van der Waals surface area contributed by atoms with Gasteiger partial charge in [-0.3, -0.25) is 0 Å². The fraction of sp³-hybridized carbons (Fsp3) is 0.167. The molecule has 0 amide bonds. The molecule has 0 atom stereocenters. The maximum Gasteiger partial charge on any atom is 0.243 e. The molecule has 0 saturated carbocycles. The van der Waals surface area contributed by atoms with Crippen molar-refractivity contribution in [3.63, 3.8) is 0 Å². The lowest BCUT2D eigenvalue weighted by molar-refractivity contribution is 0.378. The summed E-state index contributed by atoms with van der Waals surface area (Å²) in [6, 6.07) is 18.4. The van der Waals surface area contributed by atoms with Gasteiger partial charge in [-0.1, -0.05) is 47.6 Å². The first-order valence-corrected chi connectivity index (χ1v) is 8.95. The van der Waals surface area contributed by atoms with Crippen LogP contribution in [0.5, 0.6) is 0 Å². The van der Waals surface area contributed by atoms with Crippen molar-refractivity contribution in [3.05, 3.63) is 72.1 Å². The first-order chi connectivity index (χ1) is 11.5. The van der Waals surface area contributed by atoms with E-state index < -0.39 is 10.0 Å². The minimum Gasteiger partial charge on any atom is -0.361 e. The molecule has 0 radical (unpaired) electrons. The largest absolute Gasteiger partial charge is 0.361 e. The number of hydrogen-bond acceptors (Lipinski definition) is 4. The smallest absolute Gasteiger partial charge is 0.243 e. The van der Waals surface area contributed by atoms with Crippen LogP contribution < -0.4 is 0 Å². The second-order valence-electron chi connectivity index (χ2n) is 5.58. The van der Waals surface area contributed by atoms with Crippen molar-refractivity contribution in [3.8, 4) is 11.1 Å². The van der Waals surface area contributed by atoms with Gasteiger partial charge in [0.15, 0.2) is 0 Å². The highest BCUT2D eigenvalue weighted by Gasteiger charge is 2.22. The molecular formula is C18H18N2O3S. The summed E-state index contributed by atoms with van der Waals surface area (Å²) in [5.41, 5.74) is 2.61. The zero-order valence-electron chi connectivity index (χ0n) is 13.5. The first-order valence-electron chi connectivity index (χ1n) is 7.51. The fourth-order valence-electron chi connectivity index (χ4n) is 2.44. The lowest BCUT2D eigenvalue weighted by Crippen LogP contribution is -2.26. The van der Waals surface area contributed by atoms with E-state index in [9.17, 15) is 8.42 Å². The van der Waals surface area contributed by atoms with Gasteiger partial charge in [-0.25, -0.2) is 8.42 Å². The third-order valence-electron chi connectivity index (χ3n) is 3.73. The summed E-state index contributed by atoms with van der Waals surface area (Å²) in [6.07, 6.45) is 0. The van der Waals surface area contributed by atoms with Crippen LogP contribution in [0.2, 0.25) is 0 Å². The van der Waals surface area contributed by atoms with Crippen molar-refractivity contribution < 1.29 is 12.9 Å². The highest BCUT2D eigenvalue weighted by molar-refractivity contribution is 7.89. The van der Waals surface area contributed by atoms with Crippen molar-refractivity contribution >= 4 is 10.0 Å². The Labute approximate surface area is 141 Å². The molecule has 0 unspecified atom stereocenters. The van der Waals surface area contributed by atoms with Crippen molar-refractivity contribution in [1.82, 2.24) is 9.46 Å². The number of aryl methyl sites for hydroxylation is 1. The summed E-state index contributed by atoms with van der Waals surface area (Å²) in [7, 11) is -2.04. The molecule has 1 aromatic heterocycles. The van der Waals surface area contributed by atoms with E-state index in [0.717, 1.165) is 11.1 Å². The molecule has 3 aromatic rings. The Balaban J connectivity index is 1.81. The molecule has 6 heteroatoms. The van der Waals surface area contributed by atoms with Gasteiger partial charge in [0.2, 0.25) is 10.0 Å². The number of rotatable bonds is 5. The van der Waals surface area contributed by atoms with Crippen molar-refractivity contribution in [2.24, 2.45) is 0 Å². The Hall–Kier alpha value is -2.44. The van der Waals surface area contributed by atoms with Crippen LogP contribution in [0.25, 0.3) is 11.1 Å². The molecular weight excluding hydrogens is 324 g/mol. The van der Waals surface area contributed by atoms with E-state index in [1.165, 1.54) is 11.4 Å². The standard InChI is InChI=1S/C18H18N2O3S/c1-14-12-17(19-23-14)13-20(2)24(21,22)18-10-8-16(9-11-18)15-6-4-3-5-7-15/h3-12H,13H2,1-2H3. The number of hydrogen-bond donors (Lipinski definition) is 0. The van der Waals surface area contributed by atoms with Gasteiger partial charge in [-0.15, -0.1) is 0 Å². The molecule has 0 spiro atoms. The Morgan fingerprint density at radius 2 is 1.62 bits per heavy atom. The Bertz CT molecular complexity index is 916. The van der Waals surface area contributed by atoms with Crippen LogP contribution >= 0.6 is 0 Å². The summed E-state index contributed by atoms with van der Waals surface area (Å²) >= 11 is 0. The Morgan fingerprint density at radius 1 is 1.00 bits per heavy atom. The minimum absolute atomic E-state index is 0.167. The van der Waals surface area contributed by atoms with E-state index in [0.29, 0.717) is 11.5 Å². The average molecular weight is 342 g/mol. The molecule has 0 fully saturated rings. The van der Waals surface area contributed by atoms with Gasteiger partial charge < -0.3 is 4.52 Å². The van der Waals surface area contributed by atoms with E-state index in [4.69, 9.17) is 4.52 Å². The van der Waals surface area contributed by atoms with E-state index in [2.05, 4.69) is 5.16 Å². The van der Waals surface area contributed by atoms with Gasteiger partial charge in [0.05, 0.1) is 17.1 Å². The molecule has 24 heavy (non-hydrogen) atoms. The summed E-state index contributed by atoms with van der Waals surface area (Å²) in [6.45, 7) is 1.94. The van der Waals surface area contributed by atoms with Crippen LogP contribution in [0.1, 0.15) is 11.5 Å². The molecule has 0 bridgehead atoms. The van der Waals surface area contributed by atoms with Crippen LogP contribution in [0.4, 0.5) is 0 Å². The highest BCUT2D eigenvalue weighted by atomic mass is 32.2. The lowest BCUT2D eigenvalue weighted by Gasteiger charge is -2.16. The van der Waals surface area contributed by atoms with Gasteiger partial charge in [-0.2, -0.15) is 4.31 Å². The molecule has 0 aliphatic heterocycles. The molecule has 0 saturated heterocycles. The first kappa shape index (κ1) is 16.4. The zero-order chi connectivity index (χ0) is 17.2. The second kappa shape index (κ2) is 6.59. The Kier molecular flexibility index (Phi) is 4.51. The van der Waals surface area contributed by atoms with Gasteiger partial charge >= 0.3 is 0 Å². The number of aromatic nitrogens is 1. The van der Waals surface area contributed by atoms with E-state index in [1.807, 2.05) is 42.5 Å². The van der Waals surface area contributed by atoms with Crippen LogP contribution in [0, 0.1) is 6.92 Å². The maximum absolute atomic E-state index is 12.7.